The highest BCUT2D eigenvalue weighted by atomic mass is 32.2. The van der Waals surface area contributed by atoms with Crippen molar-refractivity contribution >= 4 is 26.8 Å². The van der Waals surface area contributed by atoms with Crippen LogP contribution in [0.15, 0.2) is 6.07 Å². The van der Waals surface area contributed by atoms with E-state index in [1.807, 2.05) is 17.7 Å². The second-order valence-electron chi connectivity index (χ2n) is 8.12. The minimum Gasteiger partial charge on any atom is -0.351 e. The molecule has 0 saturated heterocycles. The molecular formula is C18H26N4O3S. The summed E-state index contributed by atoms with van der Waals surface area (Å²) in [4.78, 5) is 17.6. The van der Waals surface area contributed by atoms with Crippen LogP contribution in [0.25, 0.3) is 11.0 Å². The number of hydrogen-bond acceptors (Lipinski definition) is 5. The van der Waals surface area contributed by atoms with E-state index < -0.39 is 9.84 Å². The quantitative estimate of drug-likeness (QED) is 0.860. The lowest BCUT2D eigenvalue weighted by Gasteiger charge is -2.20. The van der Waals surface area contributed by atoms with Crippen LogP contribution < -0.4 is 5.32 Å². The van der Waals surface area contributed by atoms with Gasteiger partial charge in [0.25, 0.3) is 5.91 Å². The van der Waals surface area contributed by atoms with Crippen molar-refractivity contribution in [1.29, 1.82) is 0 Å². The number of rotatable bonds is 5. The van der Waals surface area contributed by atoms with Crippen LogP contribution in [0.4, 0.5) is 0 Å². The van der Waals surface area contributed by atoms with Crippen LogP contribution >= 0.6 is 0 Å². The van der Waals surface area contributed by atoms with Gasteiger partial charge in [0.15, 0.2) is 5.65 Å². The minimum absolute atomic E-state index is 0.0807. The normalized spacial score (nSPS) is 15.4. The van der Waals surface area contributed by atoms with E-state index in [1.54, 1.807) is 0 Å². The number of carbonyl (C=O) groups is 1. The maximum absolute atomic E-state index is 12.8. The Bertz CT molecular complexity index is 966. The fraction of sp³-hybridized carbons (Fsp3) is 0.611. The number of aromatic nitrogens is 3. The molecule has 8 heteroatoms. The number of nitrogens with one attached hydrogen (secondary N) is 1. The summed E-state index contributed by atoms with van der Waals surface area (Å²) in [7, 11) is -3.12. The zero-order valence-corrected chi connectivity index (χ0v) is 16.8. The van der Waals surface area contributed by atoms with Gasteiger partial charge in [-0.3, -0.25) is 4.79 Å². The lowest BCUT2D eigenvalue weighted by atomic mass is 10.1. The Hall–Kier alpha value is -1.96. The summed E-state index contributed by atoms with van der Waals surface area (Å²) in [5, 5.41) is 8.09. The highest BCUT2D eigenvalue weighted by Crippen LogP contribution is 2.40. The van der Waals surface area contributed by atoms with Crippen molar-refractivity contribution in [2.45, 2.75) is 52.0 Å². The van der Waals surface area contributed by atoms with Gasteiger partial charge in [0, 0.05) is 24.4 Å². The Labute approximate surface area is 154 Å². The second-order valence-corrected chi connectivity index (χ2v) is 10.4. The molecule has 0 spiro atoms. The average Bonchev–Trinajstić information content (AvgIpc) is 3.28. The molecule has 0 aliphatic heterocycles. The Kier molecular flexibility index (Phi) is 4.58. The van der Waals surface area contributed by atoms with Crippen LogP contribution in [0.1, 0.15) is 61.3 Å². The fourth-order valence-electron chi connectivity index (χ4n) is 2.99. The number of carbonyl (C=O) groups excluding carboxylic acids is 1. The summed E-state index contributed by atoms with van der Waals surface area (Å²) in [5.41, 5.74) is 2.64. The molecule has 2 aromatic heterocycles. The predicted octanol–water partition coefficient (Wildman–Crippen LogP) is 2.15. The largest absolute Gasteiger partial charge is 0.351 e. The van der Waals surface area contributed by atoms with Crippen molar-refractivity contribution in [3.63, 3.8) is 0 Å². The van der Waals surface area contributed by atoms with Crippen molar-refractivity contribution < 1.29 is 13.2 Å². The standard InChI is InChI=1S/C18H26N4O3S/c1-11-15-13(17(23)19-8-9-26(5,24)25)10-14(12-6-7-12)20-16(15)22(21-11)18(2,3)4/h10,12H,6-9H2,1-5H3,(H,19,23). The van der Waals surface area contributed by atoms with Gasteiger partial charge in [-0.15, -0.1) is 0 Å². The van der Waals surface area contributed by atoms with Crippen molar-refractivity contribution in [2.24, 2.45) is 0 Å². The SMILES string of the molecule is Cc1nn(C(C)(C)C)c2nc(C3CC3)cc(C(=O)NCCS(C)(=O)=O)c12. The molecule has 142 valence electrons. The number of pyridine rings is 1. The topological polar surface area (TPSA) is 93.9 Å². The molecule has 1 amide bonds. The van der Waals surface area contributed by atoms with Crippen LogP contribution in [0.5, 0.6) is 0 Å². The molecule has 1 aliphatic carbocycles. The predicted molar refractivity (Wildman–Crippen MR) is 101 cm³/mol. The monoisotopic (exact) mass is 378 g/mol. The number of hydrogen-bond donors (Lipinski definition) is 1. The lowest BCUT2D eigenvalue weighted by molar-refractivity contribution is 0.0957. The van der Waals surface area contributed by atoms with Crippen LogP contribution in [-0.2, 0) is 15.4 Å². The number of fused-ring (bicyclic) bond motifs is 1. The van der Waals surface area contributed by atoms with Crippen molar-refractivity contribution in [2.75, 3.05) is 18.6 Å². The number of sulfone groups is 1. The van der Waals surface area contributed by atoms with E-state index in [4.69, 9.17) is 4.98 Å². The molecule has 7 nitrogen and oxygen atoms in total. The fourth-order valence-corrected chi connectivity index (χ4v) is 3.46. The molecular weight excluding hydrogens is 352 g/mol. The Balaban J connectivity index is 2.06. The van der Waals surface area contributed by atoms with E-state index in [0.717, 1.165) is 35.9 Å². The van der Waals surface area contributed by atoms with Crippen LogP contribution in [0, 0.1) is 6.92 Å². The third kappa shape index (κ3) is 3.90. The summed E-state index contributed by atoms with van der Waals surface area (Å²) >= 11 is 0. The molecule has 0 aromatic carbocycles. The van der Waals surface area contributed by atoms with E-state index in [-0.39, 0.29) is 23.7 Å². The average molecular weight is 378 g/mol. The van der Waals surface area contributed by atoms with E-state index in [9.17, 15) is 13.2 Å². The molecule has 1 saturated carbocycles. The summed E-state index contributed by atoms with van der Waals surface area (Å²) < 4.78 is 24.5. The van der Waals surface area contributed by atoms with Gasteiger partial charge in [-0.25, -0.2) is 18.1 Å². The maximum atomic E-state index is 12.8. The molecule has 0 radical (unpaired) electrons. The van der Waals surface area contributed by atoms with E-state index in [2.05, 4.69) is 31.2 Å². The Morgan fingerprint density at radius 2 is 2.00 bits per heavy atom. The minimum atomic E-state index is -3.12. The van der Waals surface area contributed by atoms with Gasteiger partial charge < -0.3 is 5.32 Å². The smallest absolute Gasteiger partial charge is 0.252 e. The first-order valence-electron chi connectivity index (χ1n) is 8.84. The van der Waals surface area contributed by atoms with Crippen LogP contribution in [0.3, 0.4) is 0 Å². The van der Waals surface area contributed by atoms with Gasteiger partial charge >= 0.3 is 0 Å². The third-order valence-corrected chi connectivity index (χ3v) is 5.41. The van der Waals surface area contributed by atoms with E-state index >= 15 is 0 Å². The summed E-state index contributed by atoms with van der Waals surface area (Å²) in [6.45, 7) is 8.12. The van der Waals surface area contributed by atoms with Gasteiger partial charge in [-0.2, -0.15) is 5.10 Å². The number of amides is 1. The van der Waals surface area contributed by atoms with Crippen molar-refractivity contribution in [3.8, 4) is 0 Å². The first-order valence-corrected chi connectivity index (χ1v) is 10.9. The molecule has 1 aliphatic rings. The molecule has 3 rings (SSSR count). The van der Waals surface area contributed by atoms with Gasteiger partial charge in [0.05, 0.1) is 27.9 Å². The highest BCUT2D eigenvalue weighted by Gasteiger charge is 2.30. The van der Waals surface area contributed by atoms with Gasteiger partial charge in [-0.1, -0.05) is 0 Å². The summed E-state index contributed by atoms with van der Waals surface area (Å²) in [6, 6.07) is 1.84. The molecule has 0 unspecified atom stereocenters. The lowest BCUT2D eigenvalue weighted by Crippen LogP contribution is -2.29. The Morgan fingerprint density at radius 3 is 2.54 bits per heavy atom. The molecule has 1 fully saturated rings. The third-order valence-electron chi connectivity index (χ3n) is 4.47. The maximum Gasteiger partial charge on any atom is 0.252 e. The van der Waals surface area contributed by atoms with Gasteiger partial charge in [0.1, 0.15) is 9.84 Å². The molecule has 2 aromatic rings. The molecule has 0 bridgehead atoms. The first kappa shape index (κ1) is 18.8. The Morgan fingerprint density at radius 1 is 1.35 bits per heavy atom. The zero-order valence-electron chi connectivity index (χ0n) is 16.0. The molecule has 2 heterocycles. The molecule has 0 atom stereocenters. The second kappa shape index (κ2) is 6.33. The molecule has 26 heavy (non-hydrogen) atoms. The van der Waals surface area contributed by atoms with Crippen molar-refractivity contribution in [3.05, 3.63) is 23.0 Å². The number of aryl methyl sites for hydroxylation is 1. The summed E-state index contributed by atoms with van der Waals surface area (Å²) in [5.74, 6) is 0.0352. The highest BCUT2D eigenvalue weighted by molar-refractivity contribution is 7.90. The molecule has 1 N–H and O–H groups in total. The first-order chi connectivity index (χ1) is 12.0. The summed E-state index contributed by atoms with van der Waals surface area (Å²) in [6.07, 6.45) is 3.32. The van der Waals surface area contributed by atoms with Crippen molar-refractivity contribution in [1.82, 2.24) is 20.1 Å². The van der Waals surface area contributed by atoms with Gasteiger partial charge in [-0.05, 0) is 46.6 Å². The zero-order chi connectivity index (χ0) is 19.3. The van der Waals surface area contributed by atoms with Crippen LogP contribution in [0.2, 0.25) is 0 Å². The van der Waals surface area contributed by atoms with E-state index in [0.29, 0.717) is 17.1 Å². The van der Waals surface area contributed by atoms with Gasteiger partial charge in [0.2, 0.25) is 0 Å². The van der Waals surface area contributed by atoms with Crippen LogP contribution in [-0.4, -0.2) is 47.6 Å². The van der Waals surface area contributed by atoms with E-state index in [1.165, 1.54) is 0 Å². The number of nitrogens with zero attached hydrogens (tertiary/aromatic N) is 3.